The van der Waals surface area contributed by atoms with Crippen molar-refractivity contribution in [3.05, 3.63) is 59.7 Å². The fraction of sp³-hybridized carbons (Fsp3) is 0.333. The molecule has 0 aromatic heterocycles. The predicted octanol–water partition coefficient (Wildman–Crippen LogP) is 2.30. The maximum Gasteiger partial charge on any atom is 0.240 e. The molecule has 2 aromatic carbocycles. The molecular weight excluding hydrogens is 372 g/mol. The standard InChI is InChI=1S/C18H24N2O4S2/c1-4-16-8-10-17(11-9-16)20(25(3,21)22)13-12-19-26(23,24)18-7-5-6-15(2)14-18/h5-11,14,19H,4,12-13H2,1-3H3. The van der Waals surface area contributed by atoms with Crippen molar-refractivity contribution in [1.29, 1.82) is 0 Å². The number of sulfonamides is 2. The van der Waals surface area contributed by atoms with E-state index in [-0.39, 0.29) is 18.0 Å². The molecule has 0 saturated heterocycles. The van der Waals surface area contributed by atoms with Gasteiger partial charge in [-0.15, -0.1) is 0 Å². The molecule has 2 rings (SSSR count). The molecule has 0 atom stereocenters. The molecule has 0 aliphatic carbocycles. The Kier molecular flexibility index (Phi) is 6.44. The van der Waals surface area contributed by atoms with Crippen molar-refractivity contribution in [1.82, 2.24) is 4.72 Å². The van der Waals surface area contributed by atoms with Crippen molar-refractivity contribution in [2.24, 2.45) is 0 Å². The Morgan fingerprint density at radius 3 is 2.19 bits per heavy atom. The van der Waals surface area contributed by atoms with Gasteiger partial charge >= 0.3 is 0 Å². The van der Waals surface area contributed by atoms with Gasteiger partial charge in [0.05, 0.1) is 16.8 Å². The second kappa shape index (κ2) is 8.20. The van der Waals surface area contributed by atoms with Crippen molar-refractivity contribution >= 4 is 25.7 Å². The van der Waals surface area contributed by atoms with Gasteiger partial charge in [0, 0.05) is 13.1 Å². The summed E-state index contributed by atoms with van der Waals surface area (Å²) in [5, 5.41) is 0. The van der Waals surface area contributed by atoms with Gasteiger partial charge in [0.25, 0.3) is 0 Å². The van der Waals surface area contributed by atoms with Crippen molar-refractivity contribution in [3.8, 4) is 0 Å². The molecule has 0 aliphatic heterocycles. The fourth-order valence-corrected chi connectivity index (χ4v) is 4.58. The lowest BCUT2D eigenvalue weighted by Crippen LogP contribution is -2.38. The minimum Gasteiger partial charge on any atom is -0.269 e. The molecule has 0 saturated carbocycles. The van der Waals surface area contributed by atoms with Gasteiger partial charge in [-0.05, 0) is 48.7 Å². The van der Waals surface area contributed by atoms with Crippen LogP contribution in [0.15, 0.2) is 53.4 Å². The van der Waals surface area contributed by atoms with Gasteiger partial charge in [0.1, 0.15) is 0 Å². The van der Waals surface area contributed by atoms with Crippen LogP contribution >= 0.6 is 0 Å². The first-order valence-corrected chi connectivity index (χ1v) is 11.6. The molecule has 8 heteroatoms. The summed E-state index contributed by atoms with van der Waals surface area (Å²) in [5.41, 5.74) is 2.45. The van der Waals surface area contributed by atoms with Gasteiger partial charge in [-0.3, -0.25) is 4.31 Å². The molecule has 26 heavy (non-hydrogen) atoms. The number of benzene rings is 2. The number of aryl methyl sites for hydroxylation is 2. The SMILES string of the molecule is CCc1ccc(N(CCNS(=O)(=O)c2cccc(C)c2)S(C)(=O)=O)cc1. The molecule has 142 valence electrons. The van der Waals surface area contributed by atoms with Crippen LogP contribution in [-0.4, -0.2) is 36.2 Å². The van der Waals surface area contributed by atoms with Gasteiger partial charge in [-0.2, -0.15) is 0 Å². The normalized spacial score (nSPS) is 12.1. The monoisotopic (exact) mass is 396 g/mol. The first-order chi connectivity index (χ1) is 12.1. The second-order valence-electron chi connectivity index (χ2n) is 6.07. The Morgan fingerprint density at radius 1 is 1.00 bits per heavy atom. The largest absolute Gasteiger partial charge is 0.269 e. The van der Waals surface area contributed by atoms with Crippen LogP contribution in [0.5, 0.6) is 0 Å². The van der Waals surface area contributed by atoms with E-state index in [0.717, 1.165) is 23.8 Å². The van der Waals surface area contributed by atoms with Crippen LogP contribution < -0.4 is 9.03 Å². The lowest BCUT2D eigenvalue weighted by molar-refractivity contribution is 0.578. The molecule has 0 aliphatic rings. The number of anilines is 1. The highest BCUT2D eigenvalue weighted by Crippen LogP contribution is 2.18. The van der Waals surface area contributed by atoms with E-state index in [4.69, 9.17) is 0 Å². The molecule has 0 unspecified atom stereocenters. The summed E-state index contributed by atoms with van der Waals surface area (Å²) in [6.07, 6.45) is 1.96. The lowest BCUT2D eigenvalue weighted by atomic mass is 10.1. The number of hydrogen-bond donors (Lipinski definition) is 1. The highest BCUT2D eigenvalue weighted by molar-refractivity contribution is 7.92. The summed E-state index contributed by atoms with van der Waals surface area (Å²) < 4.78 is 52.6. The molecule has 6 nitrogen and oxygen atoms in total. The van der Waals surface area contributed by atoms with Crippen LogP contribution in [0, 0.1) is 6.92 Å². The molecule has 0 bridgehead atoms. The zero-order valence-corrected chi connectivity index (χ0v) is 16.8. The summed E-state index contributed by atoms with van der Waals surface area (Å²) in [7, 11) is -7.22. The average molecular weight is 397 g/mol. The van der Waals surface area contributed by atoms with Gasteiger partial charge < -0.3 is 0 Å². The van der Waals surface area contributed by atoms with Gasteiger partial charge in [-0.1, -0.05) is 31.2 Å². The highest BCUT2D eigenvalue weighted by atomic mass is 32.2. The second-order valence-corrected chi connectivity index (χ2v) is 9.74. The number of nitrogens with zero attached hydrogens (tertiary/aromatic N) is 1. The molecule has 0 spiro atoms. The summed E-state index contributed by atoms with van der Waals surface area (Å²) in [6, 6.07) is 13.7. The van der Waals surface area contributed by atoms with E-state index in [1.54, 1.807) is 24.3 Å². The minimum absolute atomic E-state index is 0.00928. The third kappa shape index (κ3) is 5.30. The molecule has 0 radical (unpaired) electrons. The van der Waals surface area contributed by atoms with Crippen LogP contribution in [0.1, 0.15) is 18.1 Å². The van der Waals surface area contributed by atoms with Crippen molar-refractivity contribution in [2.75, 3.05) is 23.7 Å². The van der Waals surface area contributed by atoms with Crippen molar-refractivity contribution in [3.63, 3.8) is 0 Å². The third-order valence-corrected chi connectivity index (χ3v) is 6.59. The Hall–Kier alpha value is -1.90. The summed E-state index contributed by atoms with van der Waals surface area (Å²) in [4.78, 5) is 0.163. The van der Waals surface area contributed by atoms with Crippen LogP contribution in [0.25, 0.3) is 0 Å². The summed E-state index contributed by atoms with van der Waals surface area (Å²) >= 11 is 0. The van der Waals surface area contributed by atoms with Gasteiger partial charge in [0.2, 0.25) is 20.0 Å². The van der Waals surface area contributed by atoms with E-state index >= 15 is 0 Å². The lowest BCUT2D eigenvalue weighted by Gasteiger charge is -2.22. The van der Waals surface area contributed by atoms with E-state index in [9.17, 15) is 16.8 Å². The Morgan fingerprint density at radius 2 is 1.65 bits per heavy atom. The van der Waals surface area contributed by atoms with E-state index in [0.29, 0.717) is 5.69 Å². The number of nitrogens with one attached hydrogen (secondary N) is 1. The number of hydrogen-bond acceptors (Lipinski definition) is 4. The van der Waals surface area contributed by atoms with E-state index in [1.807, 2.05) is 32.0 Å². The fourth-order valence-electron chi connectivity index (χ4n) is 2.53. The quantitative estimate of drug-likeness (QED) is 0.742. The Bertz CT molecular complexity index is 953. The Labute approximate surface area is 156 Å². The third-order valence-electron chi connectivity index (χ3n) is 3.94. The maximum absolute atomic E-state index is 12.4. The first-order valence-electron chi connectivity index (χ1n) is 8.26. The maximum atomic E-state index is 12.4. The topological polar surface area (TPSA) is 83.6 Å². The zero-order chi connectivity index (χ0) is 19.4. The van der Waals surface area contributed by atoms with Crippen LogP contribution in [0.3, 0.4) is 0 Å². The highest BCUT2D eigenvalue weighted by Gasteiger charge is 2.19. The number of rotatable bonds is 8. The Balaban J connectivity index is 2.12. The minimum atomic E-state index is -3.69. The molecule has 0 fully saturated rings. The first kappa shape index (κ1) is 20.4. The van der Waals surface area contributed by atoms with Crippen LogP contribution in [0.2, 0.25) is 0 Å². The van der Waals surface area contributed by atoms with E-state index in [2.05, 4.69) is 4.72 Å². The summed E-state index contributed by atoms with van der Waals surface area (Å²) in [6.45, 7) is 3.81. The molecular formula is C18H24N2O4S2. The molecule has 0 amide bonds. The zero-order valence-electron chi connectivity index (χ0n) is 15.1. The molecule has 2 aromatic rings. The summed E-state index contributed by atoms with van der Waals surface area (Å²) in [5.74, 6) is 0. The van der Waals surface area contributed by atoms with Gasteiger partial charge in [0.15, 0.2) is 0 Å². The predicted molar refractivity (Wildman–Crippen MR) is 104 cm³/mol. The smallest absolute Gasteiger partial charge is 0.240 e. The molecule has 0 heterocycles. The van der Waals surface area contributed by atoms with E-state index < -0.39 is 20.0 Å². The van der Waals surface area contributed by atoms with E-state index in [1.165, 1.54) is 10.4 Å². The average Bonchev–Trinajstić information content (AvgIpc) is 2.58. The molecule has 1 N–H and O–H groups in total. The van der Waals surface area contributed by atoms with Crippen LogP contribution in [0.4, 0.5) is 5.69 Å². The van der Waals surface area contributed by atoms with Crippen molar-refractivity contribution < 1.29 is 16.8 Å². The van der Waals surface area contributed by atoms with Crippen LogP contribution in [-0.2, 0) is 26.5 Å². The van der Waals surface area contributed by atoms with Gasteiger partial charge in [-0.25, -0.2) is 21.6 Å². The van der Waals surface area contributed by atoms with Crippen molar-refractivity contribution in [2.45, 2.75) is 25.2 Å².